The summed E-state index contributed by atoms with van der Waals surface area (Å²) < 4.78 is 10.7. The average molecular weight is 284 g/mol. The largest absolute Gasteiger partial charge is 0.443 e. The molecule has 0 unspecified atom stereocenters. The summed E-state index contributed by atoms with van der Waals surface area (Å²) in [5.74, 6) is 0. The Bertz CT molecular complexity index is 448. The van der Waals surface area contributed by atoms with Crippen LogP contribution in [0.1, 0.15) is 31.4 Å². The summed E-state index contributed by atoms with van der Waals surface area (Å²) in [5, 5.41) is 3.38. The third-order valence-corrected chi connectivity index (χ3v) is 3.43. The zero-order valence-corrected chi connectivity index (χ0v) is 11.8. The van der Waals surface area contributed by atoms with Crippen molar-refractivity contribution in [1.82, 2.24) is 5.32 Å². The van der Waals surface area contributed by atoms with E-state index in [0.29, 0.717) is 5.02 Å². The van der Waals surface area contributed by atoms with Gasteiger partial charge >= 0.3 is 6.09 Å². The van der Waals surface area contributed by atoms with E-state index >= 15 is 0 Å². The number of rotatable bonds is 5. The van der Waals surface area contributed by atoms with Crippen LogP contribution in [0.3, 0.4) is 0 Å². The van der Waals surface area contributed by atoms with Gasteiger partial charge in [0.15, 0.2) is 0 Å². The van der Waals surface area contributed by atoms with E-state index in [2.05, 4.69) is 5.32 Å². The lowest BCUT2D eigenvalue weighted by atomic mass is 10.1. The molecule has 2 atom stereocenters. The molecule has 0 spiro atoms. The number of benzene rings is 1. The van der Waals surface area contributed by atoms with Gasteiger partial charge in [-0.1, -0.05) is 29.8 Å². The van der Waals surface area contributed by atoms with Gasteiger partial charge in [0.05, 0.1) is 0 Å². The Morgan fingerprint density at radius 2 is 2.11 bits per heavy atom. The highest BCUT2D eigenvalue weighted by molar-refractivity contribution is 6.31. The smallest absolute Gasteiger partial charge is 0.407 e. The zero-order chi connectivity index (χ0) is 13.8. The normalized spacial score (nSPS) is 17.6. The molecule has 19 heavy (non-hydrogen) atoms. The first-order chi connectivity index (χ1) is 9.11. The van der Waals surface area contributed by atoms with Gasteiger partial charge < -0.3 is 14.8 Å². The van der Waals surface area contributed by atoms with Crippen LogP contribution < -0.4 is 5.32 Å². The maximum atomic E-state index is 11.6. The molecule has 1 aliphatic rings. The van der Waals surface area contributed by atoms with Crippen LogP contribution in [0.15, 0.2) is 24.3 Å². The highest BCUT2D eigenvalue weighted by Gasteiger charge is 2.28. The van der Waals surface area contributed by atoms with Gasteiger partial charge in [-0.3, -0.25) is 0 Å². The number of amides is 1. The number of methoxy groups -OCH3 is 1. The van der Waals surface area contributed by atoms with Crippen molar-refractivity contribution in [3.05, 3.63) is 34.9 Å². The molecule has 1 amide bonds. The molecule has 1 saturated carbocycles. The fraction of sp³-hybridized carbons (Fsp3) is 0.500. The second-order valence-corrected chi connectivity index (χ2v) is 5.11. The number of ether oxygens (including phenoxy) is 2. The van der Waals surface area contributed by atoms with Gasteiger partial charge in [0, 0.05) is 23.7 Å². The number of hydrogen-bond acceptors (Lipinski definition) is 3. The minimum Gasteiger partial charge on any atom is -0.443 e. The zero-order valence-electron chi connectivity index (χ0n) is 11.1. The molecule has 1 aromatic rings. The molecule has 2 rings (SSSR count). The summed E-state index contributed by atoms with van der Waals surface area (Å²) in [7, 11) is 1.58. The Morgan fingerprint density at radius 1 is 1.42 bits per heavy atom. The highest BCUT2D eigenvalue weighted by Crippen LogP contribution is 2.29. The third kappa shape index (κ3) is 3.85. The van der Waals surface area contributed by atoms with Crippen LogP contribution in [-0.2, 0) is 9.47 Å². The van der Waals surface area contributed by atoms with Crippen LogP contribution in [0, 0.1) is 0 Å². The van der Waals surface area contributed by atoms with Crippen molar-refractivity contribution >= 4 is 17.7 Å². The Hall–Kier alpha value is -1.26. The van der Waals surface area contributed by atoms with E-state index in [4.69, 9.17) is 21.1 Å². The fourth-order valence-corrected chi connectivity index (χ4v) is 2.18. The molecule has 104 valence electrons. The molecule has 4 nitrogen and oxygen atoms in total. The number of carbonyl (C=O) groups is 1. The summed E-state index contributed by atoms with van der Waals surface area (Å²) in [6.07, 6.45) is 0.870. The van der Waals surface area contributed by atoms with E-state index in [1.165, 1.54) is 0 Å². The van der Waals surface area contributed by atoms with E-state index in [9.17, 15) is 4.79 Å². The van der Waals surface area contributed by atoms with E-state index in [1.54, 1.807) is 20.1 Å². The summed E-state index contributed by atoms with van der Waals surface area (Å²) in [4.78, 5) is 11.6. The van der Waals surface area contributed by atoms with Gasteiger partial charge in [-0.05, 0) is 25.8 Å². The topological polar surface area (TPSA) is 47.6 Å². The highest BCUT2D eigenvalue weighted by atomic mass is 35.5. The molecule has 1 aliphatic carbocycles. The SMILES string of the molecule is CO[C@H](c1ccccc1Cl)[C@@H](C)OC(=O)NC1CC1. The van der Waals surface area contributed by atoms with Crippen molar-refractivity contribution in [3.8, 4) is 0 Å². The van der Waals surface area contributed by atoms with Crippen LogP contribution in [0.25, 0.3) is 0 Å². The fourth-order valence-electron chi connectivity index (χ4n) is 1.94. The first-order valence-corrected chi connectivity index (χ1v) is 6.74. The van der Waals surface area contributed by atoms with Crippen molar-refractivity contribution in [3.63, 3.8) is 0 Å². The molecule has 0 aliphatic heterocycles. The molecular weight excluding hydrogens is 266 g/mol. The lowest BCUT2D eigenvalue weighted by molar-refractivity contribution is -0.0149. The Labute approximate surface area is 118 Å². The standard InChI is InChI=1S/C14H18ClNO3/c1-9(19-14(17)16-10-7-8-10)13(18-2)11-5-3-4-6-12(11)15/h3-6,9-10,13H,7-8H2,1-2H3,(H,16,17)/t9-,13+/m1/s1. The van der Waals surface area contributed by atoms with Crippen LogP contribution >= 0.6 is 11.6 Å². The quantitative estimate of drug-likeness (QED) is 0.902. The minimum atomic E-state index is -0.413. The maximum absolute atomic E-state index is 11.6. The number of carbonyl (C=O) groups excluding carboxylic acids is 1. The Balaban J connectivity index is 1.99. The predicted octanol–water partition coefficient (Wildman–Crippen LogP) is 3.30. The molecule has 0 aromatic heterocycles. The van der Waals surface area contributed by atoms with Gasteiger partial charge in [-0.2, -0.15) is 0 Å². The van der Waals surface area contributed by atoms with E-state index in [0.717, 1.165) is 18.4 Å². The first-order valence-electron chi connectivity index (χ1n) is 6.36. The maximum Gasteiger partial charge on any atom is 0.407 e. The van der Waals surface area contributed by atoms with Crippen LogP contribution in [0.4, 0.5) is 4.79 Å². The second-order valence-electron chi connectivity index (χ2n) is 4.71. The monoisotopic (exact) mass is 283 g/mol. The Kier molecular flexibility index (Phi) is 4.66. The van der Waals surface area contributed by atoms with Crippen LogP contribution in [0.5, 0.6) is 0 Å². The lowest BCUT2D eigenvalue weighted by Crippen LogP contribution is -2.32. The van der Waals surface area contributed by atoms with Gasteiger partial charge in [0.25, 0.3) is 0 Å². The molecule has 0 bridgehead atoms. The molecule has 0 saturated heterocycles. The van der Waals surface area contributed by atoms with Gasteiger partial charge in [0.2, 0.25) is 0 Å². The number of nitrogens with one attached hydrogen (secondary N) is 1. The molecule has 0 heterocycles. The van der Waals surface area contributed by atoms with Gasteiger partial charge in [-0.25, -0.2) is 4.79 Å². The van der Waals surface area contributed by atoms with Crippen molar-refractivity contribution in [1.29, 1.82) is 0 Å². The van der Waals surface area contributed by atoms with E-state index < -0.39 is 12.2 Å². The van der Waals surface area contributed by atoms with E-state index in [1.807, 2.05) is 18.2 Å². The van der Waals surface area contributed by atoms with Gasteiger partial charge in [-0.15, -0.1) is 0 Å². The molecular formula is C14H18ClNO3. The van der Waals surface area contributed by atoms with Crippen molar-refractivity contribution < 1.29 is 14.3 Å². The number of hydrogen-bond donors (Lipinski definition) is 1. The van der Waals surface area contributed by atoms with E-state index in [-0.39, 0.29) is 12.1 Å². The third-order valence-electron chi connectivity index (χ3n) is 3.08. The summed E-state index contributed by atoms with van der Waals surface area (Å²) in [6.45, 7) is 1.80. The van der Waals surface area contributed by atoms with Crippen LogP contribution in [-0.4, -0.2) is 25.3 Å². The molecule has 0 radical (unpaired) electrons. The number of alkyl carbamates (subject to hydrolysis) is 1. The second kappa shape index (κ2) is 6.26. The first kappa shape index (κ1) is 14.2. The molecule has 1 N–H and O–H groups in total. The lowest BCUT2D eigenvalue weighted by Gasteiger charge is -2.24. The summed E-state index contributed by atoms with van der Waals surface area (Å²) >= 11 is 6.14. The average Bonchev–Trinajstić information content (AvgIpc) is 3.16. The van der Waals surface area contributed by atoms with Gasteiger partial charge in [0.1, 0.15) is 12.2 Å². The predicted molar refractivity (Wildman–Crippen MR) is 73.3 cm³/mol. The molecule has 1 fully saturated rings. The molecule has 5 heteroatoms. The van der Waals surface area contributed by atoms with Crippen LogP contribution in [0.2, 0.25) is 5.02 Å². The summed E-state index contributed by atoms with van der Waals surface area (Å²) in [6, 6.07) is 7.67. The summed E-state index contributed by atoms with van der Waals surface area (Å²) in [5.41, 5.74) is 0.818. The van der Waals surface area contributed by atoms with Crippen molar-refractivity contribution in [2.24, 2.45) is 0 Å². The number of halogens is 1. The van der Waals surface area contributed by atoms with Crippen molar-refractivity contribution in [2.75, 3.05) is 7.11 Å². The van der Waals surface area contributed by atoms with Crippen molar-refractivity contribution in [2.45, 2.75) is 38.0 Å². The minimum absolute atomic E-state index is 0.279. The molecule has 1 aromatic carbocycles. The Morgan fingerprint density at radius 3 is 2.68 bits per heavy atom.